The van der Waals surface area contributed by atoms with E-state index in [1.54, 1.807) is 0 Å². The predicted molar refractivity (Wildman–Crippen MR) is 70.3 cm³/mol. The molecule has 0 atom stereocenters. The van der Waals surface area contributed by atoms with Crippen LogP contribution in [-0.2, 0) is 9.59 Å². The van der Waals surface area contributed by atoms with Crippen molar-refractivity contribution in [2.45, 2.75) is 64.7 Å². The first-order valence-corrected chi connectivity index (χ1v) is 7.06. The number of unbranched alkanes of at least 4 members (excludes halogenated alkanes) is 1. The molecule has 104 valence electrons. The molecule has 0 aliphatic heterocycles. The first kappa shape index (κ1) is 15.0. The number of carbonyl (C=O) groups is 2. The molecular weight excluding hydrogens is 230 g/mol. The standard InChI is InChI=1S/C14H25NO3/c1-2-14(9-5-6-10-14)11-15-12(16)7-3-4-8-13(17)18/h2-11H2,1H3,(H,15,16)(H,17,18). The van der Waals surface area contributed by atoms with Gasteiger partial charge in [0.15, 0.2) is 0 Å². The van der Waals surface area contributed by atoms with E-state index in [0.717, 1.165) is 13.0 Å². The second-order valence-corrected chi connectivity index (χ2v) is 5.44. The molecule has 1 amide bonds. The normalized spacial score (nSPS) is 17.6. The zero-order chi connectivity index (χ0) is 13.4. The highest BCUT2D eigenvalue weighted by Crippen LogP contribution is 2.40. The summed E-state index contributed by atoms with van der Waals surface area (Å²) >= 11 is 0. The molecule has 2 N–H and O–H groups in total. The number of hydrogen-bond donors (Lipinski definition) is 2. The first-order chi connectivity index (χ1) is 8.58. The maximum atomic E-state index is 11.6. The quantitative estimate of drug-likeness (QED) is 0.655. The van der Waals surface area contributed by atoms with Crippen molar-refractivity contribution < 1.29 is 14.7 Å². The fourth-order valence-corrected chi connectivity index (χ4v) is 2.72. The van der Waals surface area contributed by atoms with Crippen molar-refractivity contribution >= 4 is 11.9 Å². The zero-order valence-electron chi connectivity index (χ0n) is 11.3. The topological polar surface area (TPSA) is 66.4 Å². The Kier molecular flexibility index (Phi) is 6.16. The van der Waals surface area contributed by atoms with Crippen molar-refractivity contribution in [1.29, 1.82) is 0 Å². The summed E-state index contributed by atoms with van der Waals surface area (Å²) in [6.07, 6.45) is 8.00. The van der Waals surface area contributed by atoms with E-state index in [0.29, 0.717) is 24.7 Å². The van der Waals surface area contributed by atoms with Gasteiger partial charge in [0, 0.05) is 19.4 Å². The van der Waals surface area contributed by atoms with Crippen LogP contribution in [0.5, 0.6) is 0 Å². The van der Waals surface area contributed by atoms with Crippen molar-refractivity contribution in [2.75, 3.05) is 6.54 Å². The summed E-state index contributed by atoms with van der Waals surface area (Å²) in [4.78, 5) is 22.0. The lowest BCUT2D eigenvalue weighted by Gasteiger charge is -2.27. The molecule has 0 aromatic heterocycles. The van der Waals surface area contributed by atoms with Crippen LogP contribution in [-0.4, -0.2) is 23.5 Å². The molecule has 1 rings (SSSR count). The number of rotatable bonds is 8. The molecule has 0 spiro atoms. The molecule has 1 fully saturated rings. The molecule has 0 unspecified atom stereocenters. The van der Waals surface area contributed by atoms with Gasteiger partial charge in [0.2, 0.25) is 5.91 Å². The maximum Gasteiger partial charge on any atom is 0.303 e. The number of amides is 1. The van der Waals surface area contributed by atoms with Crippen LogP contribution in [0.3, 0.4) is 0 Å². The van der Waals surface area contributed by atoms with Gasteiger partial charge < -0.3 is 10.4 Å². The summed E-state index contributed by atoms with van der Waals surface area (Å²) in [6, 6.07) is 0. The van der Waals surface area contributed by atoms with E-state index in [2.05, 4.69) is 12.2 Å². The van der Waals surface area contributed by atoms with Crippen LogP contribution >= 0.6 is 0 Å². The number of carbonyl (C=O) groups excluding carboxylic acids is 1. The molecule has 0 radical (unpaired) electrons. The second kappa shape index (κ2) is 7.39. The van der Waals surface area contributed by atoms with Crippen molar-refractivity contribution in [2.24, 2.45) is 5.41 Å². The Bertz CT molecular complexity index is 283. The molecule has 4 heteroatoms. The highest BCUT2D eigenvalue weighted by molar-refractivity contribution is 5.76. The Morgan fingerprint density at radius 2 is 1.78 bits per heavy atom. The van der Waals surface area contributed by atoms with E-state index in [4.69, 9.17) is 5.11 Å². The van der Waals surface area contributed by atoms with Gasteiger partial charge in [-0.05, 0) is 37.5 Å². The molecule has 0 bridgehead atoms. The Morgan fingerprint density at radius 3 is 2.33 bits per heavy atom. The van der Waals surface area contributed by atoms with E-state index in [9.17, 15) is 9.59 Å². The molecular formula is C14H25NO3. The van der Waals surface area contributed by atoms with Crippen LogP contribution in [0.15, 0.2) is 0 Å². The van der Waals surface area contributed by atoms with E-state index < -0.39 is 5.97 Å². The third kappa shape index (κ3) is 5.07. The van der Waals surface area contributed by atoms with Gasteiger partial charge in [-0.3, -0.25) is 9.59 Å². The SMILES string of the molecule is CCC1(CNC(=O)CCCCC(=O)O)CCCC1. The van der Waals surface area contributed by atoms with Crippen LogP contribution in [0, 0.1) is 5.41 Å². The van der Waals surface area contributed by atoms with Gasteiger partial charge in [-0.15, -0.1) is 0 Å². The lowest BCUT2D eigenvalue weighted by atomic mass is 9.83. The van der Waals surface area contributed by atoms with E-state index >= 15 is 0 Å². The lowest BCUT2D eigenvalue weighted by Crippen LogP contribution is -2.35. The number of carboxylic acid groups (broad SMARTS) is 1. The monoisotopic (exact) mass is 255 g/mol. The molecule has 0 aromatic carbocycles. The molecule has 1 aliphatic carbocycles. The van der Waals surface area contributed by atoms with Crippen LogP contribution in [0.25, 0.3) is 0 Å². The lowest BCUT2D eigenvalue weighted by molar-refractivity contribution is -0.137. The maximum absolute atomic E-state index is 11.6. The molecule has 18 heavy (non-hydrogen) atoms. The van der Waals surface area contributed by atoms with E-state index in [-0.39, 0.29) is 12.3 Å². The highest BCUT2D eigenvalue weighted by atomic mass is 16.4. The van der Waals surface area contributed by atoms with Crippen LogP contribution in [0.4, 0.5) is 0 Å². The Morgan fingerprint density at radius 1 is 1.17 bits per heavy atom. The summed E-state index contributed by atoms with van der Waals surface area (Å²) in [7, 11) is 0. The Labute approximate surface area is 109 Å². The Balaban J connectivity index is 2.14. The summed E-state index contributed by atoms with van der Waals surface area (Å²) in [5.41, 5.74) is 0.330. The smallest absolute Gasteiger partial charge is 0.303 e. The van der Waals surface area contributed by atoms with Gasteiger partial charge in [-0.2, -0.15) is 0 Å². The summed E-state index contributed by atoms with van der Waals surface area (Å²) < 4.78 is 0. The average molecular weight is 255 g/mol. The fourth-order valence-electron chi connectivity index (χ4n) is 2.72. The van der Waals surface area contributed by atoms with Crippen molar-refractivity contribution in [3.05, 3.63) is 0 Å². The highest BCUT2D eigenvalue weighted by Gasteiger charge is 2.31. The molecule has 1 saturated carbocycles. The second-order valence-electron chi connectivity index (χ2n) is 5.44. The van der Waals surface area contributed by atoms with Gasteiger partial charge in [-0.25, -0.2) is 0 Å². The van der Waals surface area contributed by atoms with Crippen LogP contribution < -0.4 is 5.32 Å². The van der Waals surface area contributed by atoms with Crippen molar-refractivity contribution in [3.8, 4) is 0 Å². The third-order valence-electron chi connectivity index (χ3n) is 4.12. The average Bonchev–Trinajstić information content (AvgIpc) is 2.81. The van der Waals surface area contributed by atoms with E-state index in [1.807, 2.05) is 0 Å². The van der Waals surface area contributed by atoms with Gasteiger partial charge in [-0.1, -0.05) is 19.8 Å². The summed E-state index contributed by atoms with van der Waals surface area (Å²) in [6.45, 7) is 2.99. The zero-order valence-corrected chi connectivity index (χ0v) is 11.3. The molecule has 0 aromatic rings. The van der Waals surface area contributed by atoms with Gasteiger partial charge >= 0.3 is 5.97 Å². The number of hydrogen-bond acceptors (Lipinski definition) is 2. The largest absolute Gasteiger partial charge is 0.481 e. The van der Waals surface area contributed by atoms with Gasteiger partial charge in [0.05, 0.1) is 0 Å². The molecule has 4 nitrogen and oxygen atoms in total. The van der Waals surface area contributed by atoms with Gasteiger partial charge in [0.25, 0.3) is 0 Å². The summed E-state index contributed by atoms with van der Waals surface area (Å²) in [5.74, 6) is -0.716. The fraction of sp³-hybridized carbons (Fsp3) is 0.857. The van der Waals surface area contributed by atoms with Crippen molar-refractivity contribution in [3.63, 3.8) is 0 Å². The number of nitrogens with one attached hydrogen (secondary N) is 1. The minimum atomic E-state index is -0.786. The number of carboxylic acids is 1. The minimum Gasteiger partial charge on any atom is -0.481 e. The molecule has 1 aliphatic rings. The van der Waals surface area contributed by atoms with Crippen LogP contribution in [0.1, 0.15) is 64.7 Å². The third-order valence-corrected chi connectivity index (χ3v) is 4.12. The Hall–Kier alpha value is -1.06. The van der Waals surface area contributed by atoms with Crippen molar-refractivity contribution in [1.82, 2.24) is 5.32 Å². The first-order valence-electron chi connectivity index (χ1n) is 7.06. The minimum absolute atomic E-state index is 0.0695. The summed E-state index contributed by atoms with van der Waals surface area (Å²) in [5, 5.41) is 11.5. The van der Waals surface area contributed by atoms with E-state index in [1.165, 1.54) is 25.7 Å². The van der Waals surface area contributed by atoms with Crippen LogP contribution in [0.2, 0.25) is 0 Å². The molecule has 0 heterocycles. The molecule has 0 saturated heterocycles. The number of aliphatic carboxylic acids is 1. The predicted octanol–water partition coefficient (Wildman–Crippen LogP) is 2.72. The van der Waals surface area contributed by atoms with Gasteiger partial charge in [0.1, 0.15) is 0 Å².